The van der Waals surface area contributed by atoms with Crippen LogP contribution in [0.4, 0.5) is 0 Å². The second-order valence-electron chi connectivity index (χ2n) is 3.50. The van der Waals surface area contributed by atoms with Crippen LogP contribution in [-0.2, 0) is 0 Å². The number of nitriles is 1. The van der Waals surface area contributed by atoms with E-state index in [2.05, 4.69) is 4.98 Å². The van der Waals surface area contributed by atoms with Gasteiger partial charge in [0.05, 0.1) is 5.56 Å². The van der Waals surface area contributed by atoms with Crippen molar-refractivity contribution in [2.75, 3.05) is 0 Å². The average Bonchev–Trinajstić information content (AvgIpc) is 2.72. The van der Waals surface area contributed by atoms with E-state index in [0.717, 1.165) is 16.0 Å². The standard InChI is InChI=1S/C12H8N2O2S/c1-7-2-10(12(15)16)17-11(7)9-3-8(4-13)5-14-6-9/h2-3,5-6H,1H3,(H,15,16). The van der Waals surface area contributed by atoms with Gasteiger partial charge in [-0.05, 0) is 24.6 Å². The molecule has 0 saturated heterocycles. The van der Waals surface area contributed by atoms with Gasteiger partial charge in [0, 0.05) is 22.8 Å². The van der Waals surface area contributed by atoms with Crippen molar-refractivity contribution in [3.63, 3.8) is 0 Å². The van der Waals surface area contributed by atoms with Crippen molar-refractivity contribution >= 4 is 17.3 Å². The Balaban J connectivity index is 2.53. The van der Waals surface area contributed by atoms with Gasteiger partial charge in [-0.3, -0.25) is 4.98 Å². The van der Waals surface area contributed by atoms with Crippen LogP contribution in [0.2, 0.25) is 0 Å². The van der Waals surface area contributed by atoms with Gasteiger partial charge in [-0.15, -0.1) is 11.3 Å². The van der Waals surface area contributed by atoms with E-state index in [1.54, 1.807) is 18.3 Å². The van der Waals surface area contributed by atoms with Crippen LogP contribution in [0.3, 0.4) is 0 Å². The van der Waals surface area contributed by atoms with E-state index >= 15 is 0 Å². The van der Waals surface area contributed by atoms with Gasteiger partial charge >= 0.3 is 5.97 Å². The number of carbonyl (C=O) groups is 1. The molecule has 0 atom stereocenters. The largest absolute Gasteiger partial charge is 0.477 e. The fraction of sp³-hybridized carbons (Fsp3) is 0.0833. The Labute approximate surface area is 102 Å². The number of nitrogens with zero attached hydrogens (tertiary/aromatic N) is 2. The molecule has 0 amide bonds. The summed E-state index contributed by atoms with van der Waals surface area (Å²) in [7, 11) is 0. The molecule has 17 heavy (non-hydrogen) atoms. The van der Waals surface area contributed by atoms with Gasteiger partial charge in [0.25, 0.3) is 0 Å². The molecule has 2 rings (SSSR count). The van der Waals surface area contributed by atoms with E-state index in [9.17, 15) is 4.79 Å². The second kappa shape index (κ2) is 4.36. The van der Waals surface area contributed by atoms with Crippen LogP contribution in [0.1, 0.15) is 20.8 Å². The molecular formula is C12H8N2O2S. The second-order valence-corrected chi connectivity index (χ2v) is 4.55. The Kier molecular flexibility index (Phi) is 2.90. The molecule has 2 heterocycles. The maximum atomic E-state index is 10.9. The molecule has 0 aliphatic rings. The van der Waals surface area contributed by atoms with E-state index in [4.69, 9.17) is 10.4 Å². The molecule has 0 radical (unpaired) electrons. The van der Waals surface area contributed by atoms with Crippen molar-refractivity contribution < 1.29 is 9.90 Å². The Hall–Kier alpha value is -2.19. The molecule has 0 saturated carbocycles. The number of thiophene rings is 1. The molecule has 0 unspecified atom stereocenters. The van der Waals surface area contributed by atoms with E-state index in [1.807, 2.05) is 13.0 Å². The maximum Gasteiger partial charge on any atom is 0.345 e. The summed E-state index contributed by atoms with van der Waals surface area (Å²) in [5, 5.41) is 17.7. The van der Waals surface area contributed by atoms with Gasteiger partial charge in [0.2, 0.25) is 0 Å². The molecule has 0 aliphatic heterocycles. The van der Waals surface area contributed by atoms with Crippen LogP contribution in [-0.4, -0.2) is 16.1 Å². The van der Waals surface area contributed by atoms with Gasteiger partial charge in [0.1, 0.15) is 10.9 Å². The first kappa shape index (κ1) is 11.3. The summed E-state index contributed by atoms with van der Waals surface area (Å²) >= 11 is 1.19. The first-order chi connectivity index (χ1) is 8.11. The third-order valence-corrected chi connectivity index (χ3v) is 3.53. The minimum absolute atomic E-state index is 0.292. The summed E-state index contributed by atoms with van der Waals surface area (Å²) < 4.78 is 0. The summed E-state index contributed by atoms with van der Waals surface area (Å²) in [5.74, 6) is -0.936. The number of aryl methyl sites for hydroxylation is 1. The molecule has 5 heteroatoms. The molecule has 0 spiro atoms. The third kappa shape index (κ3) is 2.17. The third-order valence-electron chi connectivity index (χ3n) is 2.26. The molecule has 2 aromatic rings. The zero-order valence-electron chi connectivity index (χ0n) is 8.97. The molecule has 0 aliphatic carbocycles. The number of rotatable bonds is 2. The average molecular weight is 244 g/mol. The summed E-state index contributed by atoms with van der Waals surface area (Å²) in [5.41, 5.74) is 2.12. The number of aromatic nitrogens is 1. The van der Waals surface area contributed by atoms with Crippen LogP contribution in [0, 0.1) is 18.3 Å². The Bertz CT molecular complexity index is 626. The molecule has 84 valence electrons. The zero-order chi connectivity index (χ0) is 12.4. The fourth-order valence-electron chi connectivity index (χ4n) is 1.50. The molecule has 1 N–H and O–H groups in total. The molecular weight excluding hydrogens is 236 g/mol. The predicted octanol–water partition coefficient (Wildman–Crippen LogP) is 2.69. The quantitative estimate of drug-likeness (QED) is 0.881. The SMILES string of the molecule is Cc1cc(C(=O)O)sc1-c1cncc(C#N)c1. The van der Waals surface area contributed by atoms with Gasteiger partial charge in [0.15, 0.2) is 0 Å². The summed E-state index contributed by atoms with van der Waals surface area (Å²) in [6, 6.07) is 5.34. The van der Waals surface area contributed by atoms with E-state index in [0.29, 0.717) is 10.4 Å². The van der Waals surface area contributed by atoms with Crippen LogP contribution < -0.4 is 0 Å². The van der Waals surface area contributed by atoms with E-state index in [-0.39, 0.29) is 0 Å². The Morgan fingerprint density at radius 3 is 2.82 bits per heavy atom. The first-order valence-corrected chi connectivity index (χ1v) is 5.62. The highest BCUT2D eigenvalue weighted by atomic mass is 32.1. The summed E-state index contributed by atoms with van der Waals surface area (Å²) in [6.45, 7) is 1.84. The van der Waals surface area contributed by atoms with Gasteiger partial charge < -0.3 is 5.11 Å². The highest BCUT2D eigenvalue weighted by Crippen LogP contribution is 2.32. The van der Waals surface area contributed by atoms with Crippen molar-refractivity contribution in [3.05, 3.63) is 40.5 Å². The Morgan fingerprint density at radius 2 is 2.24 bits per heavy atom. The normalized spacial score (nSPS) is 9.88. The van der Waals surface area contributed by atoms with Gasteiger partial charge in [-0.25, -0.2) is 4.79 Å². The topological polar surface area (TPSA) is 74.0 Å². The van der Waals surface area contributed by atoms with Crippen LogP contribution >= 0.6 is 11.3 Å². The number of carboxylic acids is 1. The number of hydrogen-bond acceptors (Lipinski definition) is 4. The molecule has 0 fully saturated rings. The summed E-state index contributed by atoms with van der Waals surface area (Å²) in [6.07, 6.45) is 3.11. The van der Waals surface area contributed by atoms with E-state index in [1.165, 1.54) is 17.5 Å². The summed E-state index contributed by atoms with van der Waals surface area (Å²) in [4.78, 5) is 16.0. The molecule has 0 bridgehead atoms. The minimum Gasteiger partial charge on any atom is -0.477 e. The number of pyridine rings is 1. The Morgan fingerprint density at radius 1 is 1.47 bits per heavy atom. The van der Waals surface area contributed by atoms with Gasteiger partial charge in [-0.2, -0.15) is 5.26 Å². The lowest BCUT2D eigenvalue weighted by atomic mass is 10.1. The van der Waals surface area contributed by atoms with Crippen LogP contribution in [0.5, 0.6) is 0 Å². The van der Waals surface area contributed by atoms with Crippen molar-refractivity contribution in [1.29, 1.82) is 5.26 Å². The lowest BCUT2D eigenvalue weighted by molar-refractivity contribution is 0.0702. The highest BCUT2D eigenvalue weighted by Gasteiger charge is 2.13. The lowest BCUT2D eigenvalue weighted by Gasteiger charge is -1.98. The number of hydrogen-bond donors (Lipinski definition) is 1. The molecule has 0 aromatic carbocycles. The lowest BCUT2D eigenvalue weighted by Crippen LogP contribution is -1.89. The van der Waals surface area contributed by atoms with Crippen molar-refractivity contribution in [1.82, 2.24) is 4.98 Å². The number of carboxylic acid groups (broad SMARTS) is 1. The first-order valence-electron chi connectivity index (χ1n) is 4.81. The molecule has 4 nitrogen and oxygen atoms in total. The van der Waals surface area contributed by atoms with Gasteiger partial charge in [-0.1, -0.05) is 0 Å². The maximum absolute atomic E-state index is 10.9. The smallest absolute Gasteiger partial charge is 0.345 e. The van der Waals surface area contributed by atoms with E-state index < -0.39 is 5.97 Å². The predicted molar refractivity (Wildman–Crippen MR) is 64.0 cm³/mol. The number of aromatic carboxylic acids is 1. The minimum atomic E-state index is -0.936. The van der Waals surface area contributed by atoms with Crippen molar-refractivity contribution in [3.8, 4) is 16.5 Å². The van der Waals surface area contributed by atoms with Crippen molar-refractivity contribution in [2.24, 2.45) is 0 Å². The fourth-order valence-corrected chi connectivity index (χ4v) is 2.49. The highest BCUT2D eigenvalue weighted by molar-refractivity contribution is 7.17. The van der Waals surface area contributed by atoms with Crippen LogP contribution in [0.15, 0.2) is 24.5 Å². The van der Waals surface area contributed by atoms with Crippen LogP contribution in [0.25, 0.3) is 10.4 Å². The zero-order valence-corrected chi connectivity index (χ0v) is 9.78. The molecule has 2 aromatic heterocycles. The van der Waals surface area contributed by atoms with Crippen molar-refractivity contribution in [2.45, 2.75) is 6.92 Å². The monoisotopic (exact) mass is 244 g/mol.